The summed E-state index contributed by atoms with van der Waals surface area (Å²) in [7, 11) is 0. The molecule has 0 radical (unpaired) electrons. The van der Waals surface area contributed by atoms with Crippen molar-refractivity contribution in [3.8, 4) is 0 Å². The topological polar surface area (TPSA) is 41.5 Å². The van der Waals surface area contributed by atoms with Gasteiger partial charge in [-0.1, -0.05) is 25.5 Å². The average molecular weight is 314 g/mol. The molecule has 0 bridgehead atoms. The van der Waals surface area contributed by atoms with E-state index in [1.165, 1.54) is 19.3 Å². The summed E-state index contributed by atoms with van der Waals surface area (Å²) in [4.78, 5) is 0. The van der Waals surface area contributed by atoms with Crippen molar-refractivity contribution in [2.24, 2.45) is 11.8 Å². The first-order valence-electron chi connectivity index (χ1n) is 8.37. The summed E-state index contributed by atoms with van der Waals surface area (Å²) >= 11 is 1.95. The van der Waals surface area contributed by atoms with E-state index >= 15 is 0 Å². The summed E-state index contributed by atoms with van der Waals surface area (Å²) in [6.45, 7) is 4.18. The van der Waals surface area contributed by atoms with Gasteiger partial charge in [-0.05, 0) is 43.8 Å². The summed E-state index contributed by atoms with van der Waals surface area (Å²) in [5.74, 6) is 1.32. The summed E-state index contributed by atoms with van der Waals surface area (Å²) in [5, 5.41) is 14.3. The summed E-state index contributed by atoms with van der Waals surface area (Å²) in [5.41, 5.74) is 0. The van der Waals surface area contributed by atoms with Crippen LogP contribution < -0.4 is 5.32 Å². The van der Waals surface area contributed by atoms with Crippen LogP contribution in [0.3, 0.4) is 0 Å². The highest BCUT2D eigenvalue weighted by Crippen LogP contribution is 2.28. The number of rotatable bonds is 8. The van der Waals surface area contributed by atoms with E-state index in [-0.39, 0.29) is 6.10 Å². The molecule has 0 aromatic heterocycles. The van der Waals surface area contributed by atoms with Crippen LogP contribution in [0.4, 0.5) is 0 Å². The molecule has 5 atom stereocenters. The van der Waals surface area contributed by atoms with Crippen molar-refractivity contribution in [1.82, 2.24) is 5.32 Å². The molecule has 4 heteroatoms. The normalized spacial score (nSPS) is 34.2. The van der Waals surface area contributed by atoms with Gasteiger partial charge in [0.25, 0.3) is 0 Å². The fraction of sp³-hybridized carbons (Fsp3) is 0.882. The smallest absolute Gasteiger partial charge is 0.0897 e. The second-order valence-electron chi connectivity index (χ2n) is 6.59. The molecule has 0 heterocycles. The van der Waals surface area contributed by atoms with Crippen LogP contribution in [0.1, 0.15) is 39.0 Å². The summed E-state index contributed by atoms with van der Waals surface area (Å²) < 4.78 is 5.74. The predicted octanol–water partition coefficient (Wildman–Crippen LogP) is 2.84. The Labute approximate surface area is 133 Å². The highest BCUT2D eigenvalue weighted by atomic mass is 32.2. The maximum Gasteiger partial charge on any atom is 0.0897 e. The van der Waals surface area contributed by atoms with Gasteiger partial charge < -0.3 is 15.2 Å². The van der Waals surface area contributed by atoms with E-state index in [9.17, 15) is 5.11 Å². The van der Waals surface area contributed by atoms with Crippen molar-refractivity contribution in [1.29, 1.82) is 0 Å². The Morgan fingerprint density at radius 1 is 1.33 bits per heavy atom. The van der Waals surface area contributed by atoms with Crippen LogP contribution >= 0.6 is 11.8 Å². The van der Waals surface area contributed by atoms with E-state index in [1.54, 1.807) is 0 Å². The van der Waals surface area contributed by atoms with Crippen LogP contribution in [0, 0.1) is 11.8 Å². The van der Waals surface area contributed by atoms with E-state index in [1.807, 2.05) is 11.8 Å². The van der Waals surface area contributed by atoms with Crippen LogP contribution in [0.25, 0.3) is 0 Å². The van der Waals surface area contributed by atoms with Crippen LogP contribution in [-0.2, 0) is 4.74 Å². The molecule has 1 fully saturated rings. The van der Waals surface area contributed by atoms with E-state index in [0.717, 1.165) is 19.4 Å². The van der Waals surface area contributed by atoms with Gasteiger partial charge in [0.15, 0.2) is 0 Å². The van der Waals surface area contributed by atoms with Gasteiger partial charge in [-0.3, -0.25) is 0 Å². The molecule has 122 valence electrons. The van der Waals surface area contributed by atoms with Crippen LogP contribution in [0.15, 0.2) is 12.2 Å². The van der Waals surface area contributed by atoms with Gasteiger partial charge in [-0.25, -0.2) is 0 Å². The van der Waals surface area contributed by atoms with E-state index in [4.69, 9.17) is 4.74 Å². The van der Waals surface area contributed by atoms with Crippen molar-refractivity contribution in [3.05, 3.63) is 12.2 Å². The van der Waals surface area contributed by atoms with Gasteiger partial charge in [0.2, 0.25) is 0 Å². The Morgan fingerprint density at radius 2 is 2.14 bits per heavy atom. The lowest BCUT2D eigenvalue weighted by atomic mass is 9.85. The minimum Gasteiger partial charge on any atom is -0.389 e. The van der Waals surface area contributed by atoms with Crippen molar-refractivity contribution < 1.29 is 9.84 Å². The Kier molecular flexibility index (Phi) is 7.58. The maximum atomic E-state index is 10.1. The number of hydrogen-bond donors (Lipinski definition) is 2. The zero-order chi connectivity index (χ0) is 15.1. The van der Waals surface area contributed by atoms with Gasteiger partial charge in [0.1, 0.15) is 0 Å². The molecular formula is C17H31NO2S. The maximum absolute atomic E-state index is 10.1. The molecule has 2 N–H and O–H groups in total. The zero-order valence-corrected chi connectivity index (χ0v) is 14.3. The number of aliphatic hydroxyl groups is 1. The Hall–Kier alpha value is -0.0300. The first kappa shape index (κ1) is 17.3. The van der Waals surface area contributed by atoms with Crippen LogP contribution in [0.5, 0.6) is 0 Å². The molecule has 2 rings (SSSR count). The molecular weight excluding hydrogens is 282 g/mol. The van der Waals surface area contributed by atoms with Gasteiger partial charge in [0, 0.05) is 17.8 Å². The molecule has 5 unspecified atom stereocenters. The largest absolute Gasteiger partial charge is 0.389 e. The van der Waals surface area contributed by atoms with Crippen LogP contribution in [0.2, 0.25) is 0 Å². The quantitative estimate of drug-likeness (QED) is 0.676. The zero-order valence-electron chi connectivity index (χ0n) is 13.5. The SMILES string of the molecule is CSC1CCCC1NCC(O)COCC1CC=CCC1C. The first-order valence-corrected chi connectivity index (χ1v) is 9.66. The molecule has 0 aromatic rings. The Balaban J connectivity index is 1.57. The first-order chi connectivity index (χ1) is 10.2. The van der Waals surface area contributed by atoms with E-state index in [0.29, 0.717) is 36.3 Å². The molecule has 2 aliphatic carbocycles. The van der Waals surface area contributed by atoms with Gasteiger partial charge >= 0.3 is 0 Å². The standard InChI is InChI=1S/C17H31NO2S/c1-13-6-3-4-7-14(13)11-20-12-15(19)10-18-16-8-5-9-17(16)21-2/h3-4,13-19H,5-12H2,1-2H3. The number of aliphatic hydroxyl groups excluding tert-OH is 1. The van der Waals surface area contributed by atoms with Gasteiger partial charge in [0.05, 0.1) is 19.3 Å². The van der Waals surface area contributed by atoms with Crippen molar-refractivity contribution in [2.45, 2.75) is 56.4 Å². The third kappa shape index (κ3) is 5.59. The minimum atomic E-state index is -0.387. The highest BCUT2D eigenvalue weighted by molar-refractivity contribution is 7.99. The molecule has 0 aliphatic heterocycles. The average Bonchev–Trinajstić information content (AvgIpc) is 2.94. The number of hydrogen-bond acceptors (Lipinski definition) is 4. The third-order valence-corrected chi connectivity index (χ3v) is 6.10. The lowest BCUT2D eigenvalue weighted by Crippen LogP contribution is -2.40. The van der Waals surface area contributed by atoms with Gasteiger partial charge in [-0.15, -0.1) is 0 Å². The monoisotopic (exact) mass is 313 g/mol. The fourth-order valence-electron chi connectivity index (χ4n) is 3.38. The summed E-state index contributed by atoms with van der Waals surface area (Å²) in [6, 6.07) is 0.568. The molecule has 0 amide bonds. The van der Waals surface area contributed by atoms with Gasteiger partial charge in [-0.2, -0.15) is 11.8 Å². The summed E-state index contributed by atoms with van der Waals surface area (Å²) in [6.07, 6.45) is 12.5. The van der Waals surface area contributed by atoms with E-state index in [2.05, 4.69) is 30.6 Å². The predicted molar refractivity (Wildman–Crippen MR) is 90.8 cm³/mol. The Bertz CT molecular complexity index is 324. The fourth-order valence-corrected chi connectivity index (χ4v) is 4.35. The third-order valence-electron chi connectivity index (χ3n) is 4.93. The Morgan fingerprint density at radius 3 is 2.90 bits per heavy atom. The molecule has 0 spiro atoms. The van der Waals surface area contributed by atoms with Crippen LogP contribution in [-0.4, -0.2) is 48.5 Å². The minimum absolute atomic E-state index is 0.387. The number of thioether (sulfide) groups is 1. The number of nitrogens with one attached hydrogen (secondary N) is 1. The molecule has 0 aromatic carbocycles. The lowest BCUT2D eigenvalue weighted by molar-refractivity contribution is 0.0120. The molecule has 0 saturated heterocycles. The number of ether oxygens (including phenoxy) is 1. The molecule has 3 nitrogen and oxygen atoms in total. The second kappa shape index (κ2) is 9.19. The molecule has 1 saturated carbocycles. The van der Waals surface area contributed by atoms with E-state index < -0.39 is 0 Å². The van der Waals surface area contributed by atoms with Crippen molar-refractivity contribution in [3.63, 3.8) is 0 Å². The highest BCUT2D eigenvalue weighted by Gasteiger charge is 2.26. The molecule has 21 heavy (non-hydrogen) atoms. The lowest BCUT2D eigenvalue weighted by Gasteiger charge is -2.26. The van der Waals surface area contributed by atoms with Crippen molar-refractivity contribution in [2.75, 3.05) is 26.0 Å². The molecule has 2 aliphatic rings. The second-order valence-corrected chi connectivity index (χ2v) is 7.67. The number of allylic oxidation sites excluding steroid dienone is 2. The van der Waals surface area contributed by atoms with Crippen molar-refractivity contribution >= 4 is 11.8 Å².